The van der Waals surface area contributed by atoms with Crippen LogP contribution in [-0.2, 0) is 66.7 Å². The fraction of sp³-hybridized carbons (Fsp3) is 0.936. The van der Waals surface area contributed by atoms with Crippen LogP contribution in [0, 0.1) is 5.92 Å². The molecular formula is C94H176N8O16. The number of carbonyl (C=O) groups is 6. The molecule has 0 bridgehead atoms. The number of morpholine rings is 2. The molecule has 8 saturated heterocycles. The molecule has 1 atom stereocenters. The molecule has 0 amide bonds. The van der Waals surface area contributed by atoms with Gasteiger partial charge in [-0.15, -0.1) is 0 Å². The maximum absolute atomic E-state index is 12.9. The smallest absolute Gasteiger partial charge is 0.309 e. The van der Waals surface area contributed by atoms with Crippen molar-refractivity contribution in [2.45, 2.75) is 494 Å². The Hall–Kier alpha value is -3.66. The van der Waals surface area contributed by atoms with Gasteiger partial charge in [-0.25, -0.2) is 0 Å². The van der Waals surface area contributed by atoms with Gasteiger partial charge in [0.15, 0.2) is 0 Å². The highest BCUT2D eigenvalue weighted by atomic mass is 16.6. The summed E-state index contributed by atoms with van der Waals surface area (Å²) in [5.41, 5.74) is -2.17. The Morgan fingerprint density at radius 2 is 0.517 bits per heavy atom. The molecule has 0 spiro atoms. The van der Waals surface area contributed by atoms with Crippen molar-refractivity contribution >= 4 is 35.8 Å². The number of piperidine rings is 6. The van der Waals surface area contributed by atoms with E-state index in [1.807, 2.05) is 55.4 Å². The van der Waals surface area contributed by atoms with Crippen molar-refractivity contribution in [3.63, 3.8) is 0 Å². The van der Waals surface area contributed by atoms with Crippen molar-refractivity contribution in [2.24, 2.45) is 5.92 Å². The summed E-state index contributed by atoms with van der Waals surface area (Å²) in [7, 11) is 0. The fourth-order valence-electron chi connectivity index (χ4n) is 21.1. The van der Waals surface area contributed by atoms with Gasteiger partial charge in [-0.05, 0) is 224 Å². The van der Waals surface area contributed by atoms with Gasteiger partial charge in [0.25, 0.3) is 0 Å². The van der Waals surface area contributed by atoms with Crippen LogP contribution in [0.1, 0.15) is 391 Å². The van der Waals surface area contributed by atoms with Crippen LogP contribution in [0.5, 0.6) is 0 Å². The number of rotatable bonds is 35. The lowest BCUT2D eigenvalue weighted by Crippen LogP contribution is -2.60. The highest BCUT2D eigenvalue weighted by Gasteiger charge is 2.49. The minimum Gasteiger partial charge on any atom is -0.462 e. The quantitative estimate of drug-likeness (QED) is 0.0195. The van der Waals surface area contributed by atoms with Crippen molar-refractivity contribution in [3.05, 3.63) is 0 Å². The Kier molecular flexibility index (Phi) is 41.4. The molecule has 0 aliphatic carbocycles. The minimum atomic E-state index is -0.507. The van der Waals surface area contributed by atoms with E-state index in [9.17, 15) is 39.2 Å². The summed E-state index contributed by atoms with van der Waals surface area (Å²) in [6.07, 6.45) is 28.0. The summed E-state index contributed by atoms with van der Waals surface area (Å²) in [5.74, 6) is -1.09. The average molecular weight is 1670 g/mol. The SMILES string of the molecule is C(CCCN1CCOCC1)CCN1CCOCC1.CC1(C)CC(OC(=O)CCC(=O)OC2CC(C)(C)N(O)C(C)(C)C2)CC(C)(C)N1O.CC1(C)CC(OC(=O)CCCCCCCCC(=O)OC2CC(C)(C)NC(C)(C)C2)CC(C)(C)N1.CCC(CCCCCCCC(=O)OC1CC(C)(C)NC(C)(C)C1)C(=O)OC1CC(C)(C)NC(C)(C)C1. The van der Waals surface area contributed by atoms with Gasteiger partial charge in [0.05, 0.1) is 45.2 Å². The van der Waals surface area contributed by atoms with E-state index in [-0.39, 0.29) is 124 Å². The van der Waals surface area contributed by atoms with Crippen LogP contribution in [0.15, 0.2) is 0 Å². The van der Waals surface area contributed by atoms with Crippen molar-refractivity contribution in [1.82, 2.24) is 41.2 Å². The number of hydrogen-bond acceptors (Lipinski definition) is 24. The molecule has 8 heterocycles. The number of hydrogen-bond donors (Lipinski definition) is 6. The first kappa shape index (κ1) is 105. The van der Waals surface area contributed by atoms with E-state index in [1.165, 1.54) is 48.9 Å². The largest absolute Gasteiger partial charge is 0.462 e. The highest BCUT2D eigenvalue weighted by Crippen LogP contribution is 2.41. The number of ether oxygens (including phenoxy) is 8. The Labute approximate surface area is 716 Å². The van der Waals surface area contributed by atoms with Crippen molar-refractivity contribution < 1.29 is 77.1 Å². The number of nitrogens with one attached hydrogen (secondary N) is 4. The lowest BCUT2D eigenvalue weighted by atomic mass is 9.80. The van der Waals surface area contributed by atoms with Crippen LogP contribution in [0.4, 0.5) is 0 Å². The van der Waals surface area contributed by atoms with Gasteiger partial charge in [0, 0.05) is 189 Å². The second kappa shape index (κ2) is 46.5. The molecule has 8 aliphatic rings. The molecule has 8 fully saturated rings. The van der Waals surface area contributed by atoms with Gasteiger partial charge in [0.2, 0.25) is 0 Å². The van der Waals surface area contributed by atoms with Gasteiger partial charge in [0.1, 0.15) is 36.6 Å². The number of unbranched alkanes of at least 4 members (excludes halogenated alkanes) is 12. The van der Waals surface area contributed by atoms with Gasteiger partial charge in [-0.2, -0.15) is 10.1 Å². The van der Waals surface area contributed by atoms with Crippen LogP contribution < -0.4 is 21.3 Å². The third-order valence-corrected chi connectivity index (χ3v) is 24.8. The predicted octanol–water partition coefficient (Wildman–Crippen LogP) is 17.1. The molecule has 0 saturated carbocycles. The topological polar surface area (TPSA) is 278 Å². The van der Waals surface area contributed by atoms with Crippen LogP contribution >= 0.6 is 0 Å². The fourth-order valence-corrected chi connectivity index (χ4v) is 21.1. The number of esters is 6. The summed E-state index contributed by atoms with van der Waals surface area (Å²) in [4.78, 5) is 79.5. The standard InChI is InChI=1S/C30H56N2O4.C28H52N2O4.C22H40N2O6.C14H28N2O2/c1-10-22(26(34)36-24-20-29(6,7)32-30(8,9)21-24)16-14-12-11-13-15-17-25(33)35-23-18-27(2,3)31-28(4,5)19-23;1-25(2)17-21(18-26(3,4)29-25)33-23(31)15-13-11-9-10-12-14-16-24(32)34-22-19-27(5,6)30-28(7,8)20-22;1-19(2)11-15(12-20(3,4)23(19)27)29-17(25)9-10-18(26)30-16-13-21(5,6)24(28)22(7,8)14-16;1(3-5-15-7-11-17-12-8-15)2-4-6-16-9-13-18-14-10-16/h22-24,31-32H,10-21H2,1-9H3;21-22,29-30H,9-20H2,1-8H3;15-16,27-28H,9-14H2,1-8H3;1-14H2. The van der Waals surface area contributed by atoms with E-state index in [4.69, 9.17) is 37.9 Å². The molecule has 688 valence electrons. The normalized spacial score (nSPS) is 24.6. The second-order valence-corrected chi connectivity index (χ2v) is 44.4. The zero-order chi connectivity index (χ0) is 88.4. The van der Waals surface area contributed by atoms with Gasteiger partial charge < -0.3 is 69.6 Å². The molecule has 8 aliphatic heterocycles. The Morgan fingerprint density at radius 3 is 0.771 bits per heavy atom. The van der Waals surface area contributed by atoms with E-state index in [2.05, 4.69) is 149 Å². The Bertz CT molecular complexity index is 2790. The number of hydroxylamine groups is 4. The number of carbonyl (C=O) groups excluding carboxylic acids is 6. The first-order chi connectivity index (χ1) is 54.5. The molecule has 24 nitrogen and oxygen atoms in total. The van der Waals surface area contributed by atoms with Crippen molar-refractivity contribution in [1.29, 1.82) is 0 Å². The minimum absolute atomic E-state index is 0.000484. The summed E-state index contributed by atoms with van der Waals surface area (Å²) in [6, 6.07) is 0. The van der Waals surface area contributed by atoms with E-state index in [0.29, 0.717) is 44.9 Å². The molecular weight excluding hydrogens is 1500 g/mol. The van der Waals surface area contributed by atoms with Crippen LogP contribution in [-0.4, -0.2) is 235 Å². The lowest BCUT2D eigenvalue weighted by molar-refractivity contribution is -0.260. The predicted molar refractivity (Wildman–Crippen MR) is 469 cm³/mol. The zero-order valence-corrected chi connectivity index (χ0v) is 79.6. The summed E-state index contributed by atoms with van der Waals surface area (Å²) in [5, 5.41) is 37.9. The van der Waals surface area contributed by atoms with E-state index >= 15 is 0 Å². The van der Waals surface area contributed by atoms with Crippen molar-refractivity contribution in [3.8, 4) is 0 Å². The van der Waals surface area contributed by atoms with E-state index < -0.39 is 34.1 Å². The van der Waals surface area contributed by atoms with Gasteiger partial charge >= 0.3 is 35.8 Å². The molecule has 118 heavy (non-hydrogen) atoms. The van der Waals surface area contributed by atoms with Gasteiger partial charge in [-0.1, -0.05) is 71.1 Å². The summed E-state index contributed by atoms with van der Waals surface area (Å²) < 4.78 is 45.3. The Balaban J connectivity index is 0.000000287. The molecule has 0 radical (unpaired) electrons. The van der Waals surface area contributed by atoms with Crippen LogP contribution in [0.2, 0.25) is 0 Å². The second-order valence-electron chi connectivity index (χ2n) is 44.4. The van der Waals surface area contributed by atoms with Gasteiger partial charge in [-0.3, -0.25) is 38.6 Å². The molecule has 0 aromatic carbocycles. The maximum Gasteiger partial charge on any atom is 0.309 e. The van der Waals surface area contributed by atoms with Crippen molar-refractivity contribution in [2.75, 3.05) is 65.7 Å². The first-order valence-corrected chi connectivity index (χ1v) is 46.4. The molecule has 1 unspecified atom stereocenters. The molecule has 6 N–H and O–H groups in total. The average Bonchev–Trinajstić information content (AvgIpc) is 0.777. The summed E-state index contributed by atoms with van der Waals surface area (Å²) in [6.45, 7) is 62.9. The molecule has 24 heteroatoms. The van der Waals surface area contributed by atoms with Crippen LogP contribution in [0.25, 0.3) is 0 Å². The Morgan fingerprint density at radius 1 is 0.305 bits per heavy atom. The highest BCUT2D eigenvalue weighted by molar-refractivity contribution is 5.78. The number of nitrogens with zero attached hydrogens (tertiary/aromatic N) is 4. The third kappa shape index (κ3) is 40.5. The monoisotopic (exact) mass is 1670 g/mol. The molecule has 8 rings (SSSR count). The first-order valence-electron chi connectivity index (χ1n) is 46.4. The van der Waals surface area contributed by atoms with E-state index in [0.717, 1.165) is 187 Å². The van der Waals surface area contributed by atoms with E-state index in [1.54, 1.807) is 0 Å². The maximum atomic E-state index is 12.9. The summed E-state index contributed by atoms with van der Waals surface area (Å²) >= 11 is 0. The molecule has 0 aromatic heterocycles. The molecule has 0 aromatic rings. The lowest BCUT2D eigenvalue weighted by Gasteiger charge is -2.51. The zero-order valence-electron chi connectivity index (χ0n) is 79.6. The van der Waals surface area contributed by atoms with Crippen LogP contribution in [0.3, 0.4) is 0 Å². The third-order valence-electron chi connectivity index (χ3n) is 24.8.